The molecule has 0 saturated heterocycles. The van der Waals surface area contributed by atoms with Gasteiger partial charge in [-0.1, -0.05) is 166 Å². The minimum atomic E-state index is -0.316. The minimum absolute atomic E-state index is 0.316. The first-order valence-electron chi connectivity index (χ1n) is 28.4. The van der Waals surface area contributed by atoms with Gasteiger partial charge in [-0.2, -0.15) is 0 Å². The Balaban J connectivity index is 0.888. The molecule has 5 unspecified atom stereocenters. The first kappa shape index (κ1) is 49.3. The van der Waals surface area contributed by atoms with Crippen molar-refractivity contribution in [2.24, 2.45) is 17.8 Å². The lowest BCUT2D eigenvalue weighted by Gasteiger charge is -2.37. The Labute approximate surface area is 452 Å². The van der Waals surface area contributed by atoms with Crippen LogP contribution in [0, 0.1) is 17.8 Å². The van der Waals surface area contributed by atoms with E-state index in [0.717, 1.165) is 56.3 Å². The van der Waals surface area contributed by atoms with Gasteiger partial charge in [0.15, 0.2) is 0 Å². The van der Waals surface area contributed by atoms with E-state index in [-0.39, 0.29) is 5.41 Å². The summed E-state index contributed by atoms with van der Waals surface area (Å²) in [6.07, 6.45) is 30.3. The quantitative estimate of drug-likeness (QED) is 0.0846. The van der Waals surface area contributed by atoms with E-state index in [2.05, 4.69) is 237 Å². The van der Waals surface area contributed by atoms with Crippen LogP contribution in [0.2, 0.25) is 0 Å². The number of ether oxygens (including phenoxy) is 1. The Morgan fingerprint density at radius 3 is 2.12 bits per heavy atom. The van der Waals surface area contributed by atoms with Crippen molar-refractivity contribution in [1.29, 1.82) is 0 Å². The van der Waals surface area contributed by atoms with Crippen molar-refractivity contribution in [3.05, 3.63) is 247 Å². The second kappa shape index (κ2) is 21.5. The van der Waals surface area contributed by atoms with Gasteiger partial charge in [-0.3, -0.25) is 0 Å². The second-order valence-electron chi connectivity index (χ2n) is 22.4. The fourth-order valence-corrected chi connectivity index (χ4v) is 13.3. The van der Waals surface area contributed by atoms with Gasteiger partial charge in [0.1, 0.15) is 5.75 Å². The molecule has 5 atom stereocenters. The molecule has 3 heteroatoms. The molecule has 0 N–H and O–H groups in total. The van der Waals surface area contributed by atoms with E-state index in [1.165, 1.54) is 115 Å². The molecule has 76 heavy (non-hydrogen) atoms. The van der Waals surface area contributed by atoms with E-state index in [4.69, 9.17) is 4.74 Å². The third kappa shape index (κ3) is 9.44. The topological polar surface area (TPSA) is 17.4 Å². The van der Waals surface area contributed by atoms with Crippen molar-refractivity contribution < 1.29 is 4.74 Å². The SMILES string of the molecule is C=Cc1ccc(OCC(C)CCC(C)CC2(c3ccccc3)c3ccccc3-c3ccc(N(C4=CC=CCC4)c4ccc(-c5ccc6c(c5)c5cc(C7=CCC(C=C)CC7)ccc5n6C5C=CCCC5)cc4)cc32)cc1. The number of rotatable bonds is 17. The predicted octanol–water partition coefficient (Wildman–Crippen LogP) is 20.0. The van der Waals surface area contributed by atoms with E-state index in [9.17, 15) is 0 Å². The monoisotopic (exact) mass is 993 g/mol. The molecule has 0 fully saturated rings. The largest absolute Gasteiger partial charge is 0.493 e. The summed E-state index contributed by atoms with van der Waals surface area (Å²) in [6, 6.07) is 60.4. The van der Waals surface area contributed by atoms with Crippen LogP contribution in [0.3, 0.4) is 0 Å². The van der Waals surface area contributed by atoms with Crippen LogP contribution in [0.5, 0.6) is 5.75 Å². The maximum absolute atomic E-state index is 6.29. The number of aromatic nitrogens is 1. The Kier molecular flexibility index (Phi) is 14.0. The highest BCUT2D eigenvalue weighted by Gasteiger charge is 2.45. The lowest BCUT2D eigenvalue weighted by atomic mass is 9.67. The Morgan fingerprint density at radius 1 is 0.671 bits per heavy atom. The molecule has 0 aliphatic heterocycles. The van der Waals surface area contributed by atoms with Crippen molar-refractivity contribution in [2.45, 2.75) is 95.9 Å². The van der Waals surface area contributed by atoms with Gasteiger partial charge in [0.2, 0.25) is 0 Å². The van der Waals surface area contributed by atoms with Crippen molar-refractivity contribution >= 4 is 44.8 Å². The molecular formula is C73H72N2O. The van der Waals surface area contributed by atoms with Gasteiger partial charge in [-0.05, 0) is 204 Å². The normalized spacial score (nSPS) is 19.6. The van der Waals surface area contributed by atoms with Crippen LogP contribution in [0.4, 0.5) is 11.4 Å². The van der Waals surface area contributed by atoms with Crippen molar-refractivity contribution in [3.63, 3.8) is 0 Å². The molecule has 4 aliphatic rings. The maximum Gasteiger partial charge on any atom is 0.119 e. The Bertz CT molecular complexity index is 3550. The van der Waals surface area contributed by atoms with Gasteiger partial charge in [0.25, 0.3) is 0 Å². The highest BCUT2D eigenvalue weighted by Crippen LogP contribution is 2.57. The second-order valence-corrected chi connectivity index (χ2v) is 22.4. The molecule has 12 rings (SSSR count). The molecule has 0 spiro atoms. The first-order valence-corrected chi connectivity index (χ1v) is 28.4. The smallest absolute Gasteiger partial charge is 0.119 e. The van der Waals surface area contributed by atoms with Gasteiger partial charge in [-0.25, -0.2) is 0 Å². The molecule has 1 aromatic heterocycles. The zero-order valence-corrected chi connectivity index (χ0v) is 44.6. The third-order valence-electron chi connectivity index (χ3n) is 17.4. The molecule has 0 saturated carbocycles. The molecule has 0 amide bonds. The first-order chi connectivity index (χ1) is 37.4. The zero-order chi connectivity index (χ0) is 51.6. The molecule has 0 bridgehead atoms. The van der Waals surface area contributed by atoms with Crippen LogP contribution in [0.1, 0.15) is 118 Å². The van der Waals surface area contributed by atoms with Crippen LogP contribution in [-0.2, 0) is 5.41 Å². The Hall–Kier alpha value is -7.62. The Morgan fingerprint density at radius 2 is 1.39 bits per heavy atom. The predicted molar refractivity (Wildman–Crippen MR) is 323 cm³/mol. The van der Waals surface area contributed by atoms with E-state index in [1.54, 1.807) is 0 Å². The van der Waals surface area contributed by atoms with Gasteiger partial charge < -0.3 is 14.2 Å². The average Bonchev–Trinajstić information content (AvgIpc) is 4.13. The molecule has 0 radical (unpaired) electrons. The van der Waals surface area contributed by atoms with Crippen molar-refractivity contribution in [3.8, 4) is 28.0 Å². The summed E-state index contributed by atoms with van der Waals surface area (Å²) in [7, 11) is 0. The average molecular weight is 993 g/mol. The third-order valence-corrected chi connectivity index (χ3v) is 17.4. The standard InChI is InChI=1S/C73H72N2O/c1-5-53-28-32-55(33-29-53)57-36-44-71-67(46-57)68-47-58(37-45-72(68)75(71)61-22-14-9-15-23-61)56-34-38-62(39-35-56)74(60-20-12-8-13-21-60)63-40-43-66-65-24-16-17-25-69(65)73(70(66)48-63,59-18-10-7-11-19-59)49-51(3)26-27-52(4)50-76-64-41-30-54(6-2)31-42-64/h5-8,10-12,14,16-20,22,24-25,30-32,34-48,51-53,61H,1-2,9,13,15,21,23,26-29,33,49-50H2,3-4H3. The maximum atomic E-state index is 6.29. The number of hydrogen-bond donors (Lipinski definition) is 0. The summed E-state index contributed by atoms with van der Waals surface area (Å²) < 4.78 is 8.91. The summed E-state index contributed by atoms with van der Waals surface area (Å²) in [5, 5.41) is 2.69. The number of fused-ring (bicyclic) bond motifs is 6. The van der Waals surface area contributed by atoms with Crippen molar-refractivity contribution in [2.75, 3.05) is 11.5 Å². The van der Waals surface area contributed by atoms with E-state index < -0.39 is 0 Å². The number of hydrogen-bond acceptors (Lipinski definition) is 2. The van der Waals surface area contributed by atoms with E-state index >= 15 is 0 Å². The zero-order valence-electron chi connectivity index (χ0n) is 44.6. The minimum Gasteiger partial charge on any atom is -0.493 e. The highest BCUT2D eigenvalue weighted by atomic mass is 16.5. The summed E-state index contributed by atoms with van der Waals surface area (Å²) >= 11 is 0. The van der Waals surface area contributed by atoms with Crippen LogP contribution in [-0.4, -0.2) is 11.2 Å². The molecule has 3 nitrogen and oxygen atoms in total. The number of anilines is 2. The summed E-state index contributed by atoms with van der Waals surface area (Å²) in [6.45, 7) is 13.5. The number of benzene rings is 7. The fraction of sp³-hybridized carbons (Fsp3) is 0.260. The van der Waals surface area contributed by atoms with Gasteiger partial charge in [0.05, 0.1) is 12.6 Å². The summed E-state index contributed by atoms with van der Waals surface area (Å²) in [5.74, 6) is 2.38. The van der Waals surface area contributed by atoms with Gasteiger partial charge >= 0.3 is 0 Å². The van der Waals surface area contributed by atoms with Crippen molar-refractivity contribution in [1.82, 2.24) is 4.57 Å². The molecule has 4 aliphatic carbocycles. The molecule has 8 aromatic rings. The summed E-state index contributed by atoms with van der Waals surface area (Å²) in [5.41, 5.74) is 19.3. The van der Waals surface area contributed by atoms with Crippen LogP contribution in [0.15, 0.2) is 219 Å². The highest BCUT2D eigenvalue weighted by molar-refractivity contribution is 6.10. The lowest BCUT2D eigenvalue weighted by molar-refractivity contribution is 0.240. The van der Waals surface area contributed by atoms with E-state index in [0.29, 0.717) is 30.4 Å². The van der Waals surface area contributed by atoms with E-state index in [1.807, 2.05) is 6.08 Å². The van der Waals surface area contributed by atoms with Gasteiger partial charge in [0, 0.05) is 44.3 Å². The molecular weight excluding hydrogens is 921 g/mol. The van der Waals surface area contributed by atoms with Crippen LogP contribution in [0.25, 0.3) is 55.7 Å². The summed E-state index contributed by atoms with van der Waals surface area (Å²) in [4.78, 5) is 2.54. The number of nitrogens with zero attached hydrogens (tertiary/aromatic N) is 2. The van der Waals surface area contributed by atoms with Gasteiger partial charge in [-0.15, -0.1) is 6.58 Å². The van der Waals surface area contributed by atoms with Crippen LogP contribution >= 0.6 is 0 Å². The van der Waals surface area contributed by atoms with Crippen LogP contribution < -0.4 is 9.64 Å². The fourth-order valence-electron chi connectivity index (χ4n) is 13.3. The molecule has 7 aromatic carbocycles. The molecule has 1 heterocycles. The molecule has 380 valence electrons. The number of allylic oxidation sites excluding steroid dienone is 9. The lowest BCUT2D eigenvalue weighted by Crippen LogP contribution is -2.30.